The minimum atomic E-state index is -0.979. The van der Waals surface area contributed by atoms with Crippen molar-refractivity contribution in [2.75, 3.05) is 26.9 Å². The molecule has 0 atom stereocenters. The number of nitrogens with zero attached hydrogens (tertiary/aromatic N) is 1. The molecular weight excluding hydrogens is 558 g/mol. The van der Waals surface area contributed by atoms with Crippen LogP contribution in [0.15, 0.2) is 65.0 Å². The third-order valence-corrected chi connectivity index (χ3v) is 8.74. The number of carboxylic acid groups (broad SMARTS) is 1. The average molecular weight is 602 g/mol. The first-order valence-corrected chi connectivity index (χ1v) is 15.3. The molecule has 8 heteroatoms. The van der Waals surface area contributed by atoms with Gasteiger partial charge < -0.3 is 24.2 Å². The molecule has 2 aliphatic carbocycles. The van der Waals surface area contributed by atoms with Crippen molar-refractivity contribution < 1.29 is 33.7 Å². The summed E-state index contributed by atoms with van der Waals surface area (Å²) in [4.78, 5) is 41.5. The van der Waals surface area contributed by atoms with Crippen molar-refractivity contribution in [1.82, 2.24) is 4.90 Å². The van der Waals surface area contributed by atoms with Crippen molar-refractivity contribution >= 4 is 17.5 Å². The normalized spacial score (nSPS) is 19.5. The quantitative estimate of drug-likeness (QED) is 0.321. The van der Waals surface area contributed by atoms with Gasteiger partial charge in [0.05, 0.1) is 18.8 Å². The first kappa shape index (κ1) is 31.5. The summed E-state index contributed by atoms with van der Waals surface area (Å²) in [5, 5.41) is 9.19. The van der Waals surface area contributed by atoms with E-state index >= 15 is 0 Å². The van der Waals surface area contributed by atoms with E-state index in [0.717, 1.165) is 35.4 Å². The molecule has 0 bridgehead atoms. The van der Waals surface area contributed by atoms with Crippen LogP contribution < -0.4 is 9.47 Å². The molecule has 0 saturated carbocycles. The fourth-order valence-corrected chi connectivity index (χ4v) is 6.83. The highest BCUT2D eigenvalue weighted by molar-refractivity contribution is 6.06. The van der Waals surface area contributed by atoms with E-state index in [1.165, 1.54) is 0 Å². The SMILES string of the molecule is CCOc1cc(C2C3=C(CC(C)(C)CC3=O)N(CCOC)C3=C2C(=O)CC(C)(C)C3)ccc1OCc1ccc(C(=O)O)cc1. The molecule has 0 radical (unpaired) electrons. The number of methoxy groups -OCH3 is 1. The van der Waals surface area contributed by atoms with E-state index in [4.69, 9.17) is 14.2 Å². The predicted molar refractivity (Wildman–Crippen MR) is 167 cm³/mol. The summed E-state index contributed by atoms with van der Waals surface area (Å²) in [6.45, 7) is 12.1. The van der Waals surface area contributed by atoms with Crippen LogP contribution in [0.1, 0.15) is 87.7 Å². The topological polar surface area (TPSA) is 102 Å². The Morgan fingerprint density at radius 1 is 0.864 bits per heavy atom. The van der Waals surface area contributed by atoms with Gasteiger partial charge >= 0.3 is 5.97 Å². The molecule has 0 saturated heterocycles. The maximum atomic E-state index is 14.0. The van der Waals surface area contributed by atoms with Crippen molar-refractivity contribution in [3.8, 4) is 11.5 Å². The number of hydrogen-bond donors (Lipinski definition) is 1. The number of rotatable bonds is 10. The van der Waals surface area contributed by atoms with Gasteiger partial charge in [-0.2, -0.15) is 0 Å². The van der Waals surface area contributed by atoms with Crippen LogP contribution in [0.5, 0.6) is 11.5 Å². The number of Topliss-reactive ketones (excluding diaryl/α,β-unsaturated/α-hetero) is 2. The van der Waals surface area contributed by atoms with Crippen LogP contribution in [0.25, 0.3) is 0 Å². The molecule has 0 unspecified atom stereocenters. The van der Waals surface area contributed by atoms with Crippen molar-refractivity contribution in [2.24, 2.45) is 10.8 Å². The van der Waals surface area contributed by atoms with E-state index in [9.17, 15) is 19.5 Å². The molecule has 1 heterocycles. The Kier molecular flexibility index (Phi) is 8.76. The van der Waals surface area contributed by atoms with Crippen molar-refractivity contribution in [2.45, 2.75) is 72.8 Å². The lowest BCUT2D eigenvalue weighted by atomic mass is 9.63. The van der Waals surface area contributed by atoms with Crippen molar-refractivity contribution in [3.05, 3.63) is 81.7 Å². The Morgan fingerprint density at radius 2 is 1.45 bits per heavy atom. The van der Waals surface area contributed by atoms with Crippen LogP contribution in [-0.2, 0) is 20.9 Å². The van der Waals surface area contributed by atoms with E-state index in [-0.39, 0.29) is 34.6 Å². The Balaban J connectivity index is 1.59. The van der Waals surface area contributed by atoms with Gasteiger partial charge in [0.1, 0.15) is 6.61 Å². The molecule has 44 heavy (non-hydrogen) atoms. The molecule has 0 spiro atoms. The van der Waals surface area contributed by atoms with Crippen molar-refractivity contribution in [1.29, 1.82) is 0 Å². The zero-order chi connectivity index (χ0) is 31.8. The molecule has 8 nitrogen and oxygen atoms in total. The number of carbonyl (C=O) groups is 3. The Hall–Kier alpha value is -3.91. The standard InChI is InChI=1S/C36H43NO7/c1-7-43-30-16-24(12-13-29(30)44-21-22-8-10-23(11-9-22)34(40)41)31-32-25(17-35(2,3)19-27(32)38)37(14-15-42-6)26-18-36(4,5)20-28(39)33(26)31/h8-13,16,31H,7,14-15,17-21H2,1-6H3,(H,40,41). The van der Waals surface area contributed by atoms with Crippen LogP contribution in [0.2, 0.25) is 0 Å². The number of aromatic carboxylic acids is 1. The van der Waals surface area contributed by atoms with Gasteiger partial charge in [-0.05, 0) is 66.0 Å². The third-order valence-electron chi connectivity index (χ3n) is 8.74. The maximum absolute atomic E-state index is 14.0. The molecule has 2 aromatic carbocycles. The second-order valence-electron chi connectivity index (χ2n) is 13.6. The fraction of sp³-hybridized carbons (Fsp3) is 0.472. The van der Waals surface area contributed by atoms with E-state index in [1.54, 1.807) is 31.4 Å². The smallest absolute Gasteiger partial charge is 0.335 e. The summed E-state index contributed by atoms with van der Waals surface area (Å²) < 4.78 is 17.7. The van der Waals surface area contributed by atoms with Gasteiger partial charge in [-0.25, -0.2) is 4.79 Å². The lowest BCUT2D eigenvalue weighted by Crippen LogP contribution is -2.45. The summed E-state index contributed by atoms with van der Waals surface area (Å²) >= 11 is 0. The molecule has 0 fully saturated rings. The Labute approximate surface area is 259 Å². The second kappa shape index (κ2) is 12.2. The highest BCUT2D eigenvalue weighted by Crippen LogP contribution is 2.54. The molecule has 0 amide bonds. The Morgan fingerprint density at radius 3 is 1.98 bits per heavy atom. The van der Waals surface area contributed by atoms with Gasteiger partial charge in [0.25, 0.3) is 0 Å². The third kappa shape index (κ3) is 6.32. The number of allylic oxidation sites excluding steroid dienone is 4. The van der Waals surface area contributed by atoms with Crippen LogP contribution in [-0.4, -0.2) is 54.4 Å². The first-order chi connectivity index (χ1) is 20.8. The van der Waals surface area contributed by atoms with Gasteiger partial charge in [0.15, 0.2) is 23.1 Å². The number of carbonyl (C=O) groups excluding carboxylic acids is 2. The lowest BCUT2D eigenvalue weighted by Gasteiger charge is -2.49. The zero-order valence-corrected chi connectivity index (χ0v) is 26.6. The molecular formula is C36H43NO7. The summed E-state index contributed by atoms with van der Waals surface area (Å²) in [7, 11) is 1.67. The number of carboxylic acids is 1. The fourth-order valence-electron chi connectivity index (χ4n) is 6.83. The van der Waals surface area contributed by atoms with E-state index in [1.807, 2.05) is 25.1 Å². The maximum Gasteiger partial charge on any atom is 0.335 e. The van der Waals surface area contributed by atoms with Gasteiger partial charge in [-0.3, -0.25) is 9.59 Å². The summed E-state index contributed by atoms with van der Waals surface area (Å²) in [5.41, 5.74) is 4.89. The molecule has 1 N–H and O–H groups in total. The second-order valence-corrected chi connectivity index (χ2v) is 13.6. The van der Waals surface area contributed by atoms with E-state index < -0.39 is 11.9 Å². The van der Waals surface area contributed by atoms with Gasteiger partial charge in [0.2, 0.25) is 0 Å². The molecule has 2 aromatic rings. The van der Waals surface area contributed by atoms with Gasteiger partial charge in [-0.1, -0.05) is 45.9 Å². The van der Waals surface area contributed by atoms with Crippen LogP contribution in [0.4, 0.5) is 0 Å². The highest BCUT2D eigenvalue weighted by atomic mass is 16.5. The molecule has 0 aromatic heterocycles. The molecule has 3 aliphatic rings. The van der Waals surface area contributed by atoms with E-state index in [0.29, 0.717) is 55.2 Å². The largest absolute Gasteiger partial charge is 0.490 e. The number of ketones is 2. The number of ether oxygens (including phenoxy) is 3. The molecule has 234 valence electrons. The van der Waals surface area contributed by atoms with Crippen LogP contribution in [0.3, 0.4) is 0 Å². The Bertz CT molecular complexity index is 1480. The summed E-state index contributed by atoms with van der Waals surface area (Å²) in [5.74, 6) is -0.237. The summed E-state index contributed by atoms with van der Waals surface area (Å²) in [6, 6.07) is 12.3. The average Bonchev–Trinajstić information content (AvgIpc) is 2.94. The van der Waals surface area contributed by atoms with Crippen LogP contribution >= 0.6 is 0 Å². The monoisotopic (exact) mass is 601 g/mol. The van der Waals surface area contributed by atoms with Gasteiger partial charge in [0, 0.05) is 55.0 Å². The highest BCUT2D eigenvalue weighted by Gasteiger charge is 2.49. The van der Waals surface area contributed by atoms with Gasteiger partial charge in [-0.15, -0.1) is 0 Å². The zero-order valence-electron chi connectivity index (χ0n) is 26.6. The van der Waals surface area contributed by atoms with Crippen molar-refractivity contribution in [3.63, 3.8) is 0 Å². The first-order valence-electron chi connectivity index (χ1n) is 15.3. The summed E-state index contributed by atoms with van der Waals surface area (Å²) in [6.07, 6.45) is 2.31. The molecule has 5 rings (SSSR count). The number of benzene rings is 2. The minimum absolute atomic E-state index is 0.0796. The minimum Gasteiger partial charge on any atom is -0.490 e. The predicted octanol–water partition coefficient (Wildman–Crippen LogP) is 6.69. The number of hydrogen-bond acceptors (Lipinski definition) is 7. The van der Waals surface area contributed by atoms with Crippen LogP contribution in [0, 0.1) is 10.8 Å². The lowest BCUT2D eigenvalue weighted by molar-refractivity contribution is -0.119. The van der Waals surface area contributed by atoms with E-state index in [2.05, 4.69) is 32.6 Å². The molecule has 1 aliphatic heterocycles.